The number of anilines is 1. The zero-order chi connectivity index (χ0) is 18.9. The summed E-state index contributed by atoms with van der Waals surface area (Å²) in [6, 6.07) is 13.8. The van der Waals surface area contributed by atoms with Crippen LogP contribution in [0.4, 0.5) is 5.69 Å². The van der Waals surface area contributed by atoms with Crippen LogP contribution in [-0.4, -0.2) is 27.2 Å². The van der Waals surface area contributed by atoms with Gasteiger partial charge in [0.05, 0.1) is 23.7 Å². The van der Waals surface area contributed by atoms with E-state index in [4.69, 9.17) is 9.88 Å². The summed E-state index contributed by atoms with van der Waals surface area (Å²) in [5.74, 6) is -0.481. The number of ether oxygens (including phenoxy) is 1. The molecule has 2 aromatic rings. The summed E-state index contributed by atoms with van der Waals surface area (Å²) in [4.78, 5) is 12.0. The molecule has 1 atom stereocenters. The molecule has 0 spiro atoms. The predicted octanol–water partition coefficient (Wildman–Crippen LogP) is 2.12. The zero-order valence-corrected chi connectivity index (χ0v) is 15.2. The number of carbonyl (C=O) groups excluding carboxylic acids is 1. The van der Waals surface area contributed by atoms with E-state index in [1.807, 2.05) is 31.2 Å². The Hall–Kier alpha value is -2.71. The van der Waals surface area contributed by atoms with Crippen LogP contribution < -0.4 is 10.1 Å². The van der Waals surface area contributed by atoms with Crippen molar-refractivity contribution in [1.29, 1.82) is 0 Å². The van der Waals surface area contributed by atoms with E-state index in [2.05, 4.69) is 5.10 Å². The molecule has 0 radical (unpaired) electrons. The second-order valence-electron chi connectivity index (χ2n) is 6.05. The van der Waals surface area contributed by atoms with Crippen LogP contribution in [0.15, 0.2) is 58.5 Å². The van der Waals surface area contributed by atoms with Gasteiger partial charge in [-0.05, 0) is 36.8 Å². The topological polar surface area (TPSA) is 102 Å². The third-order valence-corrected chi connectivity index (χ3v) is 5.15. The molecule has 136 valence electrons. The Morgan fingerprint density at radius 2 is 1.77 bits per heavy atom. The first-order valence-corrected chi connectivity index (χ1v) is 9.48. The highest BCUT2D eigenvalue weighted by atomic mass is 32.2. The number of sulfonamides is 1. The molecule has 0 fully saturated rings. The Kier molecular flexibility index (Phi) is 4.80. The smallest absolute Gasteiger partial charge is 0.354 e. The first-order chi connectivity index (χ1) is 12.3. The molecule has 1 unspecified atom stereocenters. The van der Waals surface area contributed by atoms with Crippen molar-refractivity contribution in [2.75, 3.05) is 12.1 Å². The number of hydrogen-bond acceptors (Lipinski definition) is 6. The van der Waals surface area contributed by atoms with Crippen molar-refractivity contribution in [2.24, 2.45) is 10.2 Å². The van der Waals surface area contributed by atoms with Gasteiger partial charge in [-0.3, -0.25) is 5.01 Å². The van der Waals surface area contributed by atoms with Crippen LogP contribution >= 0.6 is 0 Å². The number of esters is 1. The molecule has 3 rings (SSSR count). The number of carbonyl (C=O) groups is 1. The van der Waals surface area contributed by atoms with Gasteiger partial charge in [-0.15, -0.1) is 0 Å². The highest BCUT2D eigenvalue weighted by Gasteiger charge is 2.33. The number of aryl methyl sites for hydroxylation is 1. The number of benzene rings is 2. The summed E-state index contributed by atoms with van der Waals surface area (Å²) < 4.78 is 27.7. The summed E-state index contributed by atoms with van der Waals surface area (Å²) in [5.41, 5.74) is 3.09. The molecule has 1 heterocycles. The average molecular weight is 373 g/mol. The Balaban J connectivity index is 1.99. The molecule has 0 amide bonds. The summed E-state index contributed by atoms with van der Waals surface area (Å²) in [6.45, 7) is 2.00. The molecule has 2 N–H and O–H groups in total. The van der Waals surface area contributed by atoms with E-state index < -0.39 is 16.0 Å². The highest BCUT2D eigenvalue weighted by Crippen LogP contribution is 2.35. The molecular weight excluding hydrogens is 354 g/mol. The molecule has 2 aromatic carbocycles. The Labute approximate surface area is 152 Å². The van der Waals surface area contributed by atoms with Gasteiger partial charge in [0.2, 0.25) is 10.0 Å². The molecule has 8 heteroatoms. The van der Waals surface area contributed by atoms with Crippen molar-refractivity contribution >= 4 is 27.4 Å². The van der Waals surface area contributed by atoms with Crippen molar-refractivity contribution in [3.05, 3.63) is 59.7 Å². The van der Waals surface area contributed by atoms with E-state index in [0.717, 1.165) is 11.1 Å². The number of nitrogens with two attached hydrogens (primary N) is 1. The standard InChI is InChI=1S/C18H19N3O4S/c1-12-3-5-13(6-4-12)17-11-16(18(22)25-2)20-21(17)14-7-9-15(10-8-14)26(19,23)24/h3-10,17H,11H2,1-2H3,(H2,19,23,24). The molecule has 7 nitrogen and oxygen atoms in total. The van der Waals surface area contributed by atoms with Gasteiger partial charge in [-0.25, -0.2) is 18.4 Å². The van der Waals surface area contributed by atoms with Crippen LogP contribution in [0.5, 0.6) is 0 Å². The lowest BCUT2D eigenvalue weighted by molar-refractivity contribution is -0.132. The first kappa shape index (κ1) is 18.1. The maximum atomic E-state index is 11.9. The van der Waals surface area contributed by atoms with Gasteiger partial charge in [0.1, 0.15) is 5.71 Å². The fraction of sp³-hybridized carbons (Fsp3) is 0.222. The number of nitrogens with zero attached hydrogens (tertiary/aromatic N) is 2. The van der Waals surface area contributed by atoms with Crippen LogP contribution in [0.2, 0.25) is 0 Å². The van der Waals surface area contributed by atoms with Crippen molar-refractivity contribution in [1.82, 2.24) is 0 Å². The van der Waals surface area contributed by atoms with E-state index in [0.29, 0.717) is 17.8 Å². The minimum Gasteiger partial charge on any atom is -0.464 e. The molecule has 26 heavy (non-hydrogen) atoms. The van der Waals surface area contributed by atoms with Gasteiger partial charge in [0, 0.05) is 6.42 Å². The molecule has 0 saturated carbocycles. The molecule has 1 aliphatic rings. The second kappa shape index (κ2) is 6.89. The molecule has 0 aromatic heterocycles. The maximum absolute atomic E-state index is 11.9. The van der Waals surface area contributed by atoms with Gasteiger partial charge >= 0.3 is 5.97 Å². The number of primary sulfonamides is 1. The molecular formula is C18H19N3O4S. The number of methoxy groups -OCH3 is 1. The highest BCUT2D eigenvalue weighted by molar-refractivity contribution is 7.89. The van der Waals surface area contributed by atoms with Crippen LogP contribution in [0.1, 0.15) is 23.6 Å². The van der Waals surface area contributed by atoms with Crippen molar-refractivity contribution < 1.29 is 17.9 Å². The lowest BCUT2D eigenvalue weighted by Crippen LogP contribution is -2.19. The Morgan fingerprint density at radius 3 is 2.31 bits per heavy atom. The summed E-state index contributed by atoms with van der Waals surface area (Å²) in [5, 5.41) is 11.2. The quantitative estimate of drug-likeness (QED) is 0.827. The predicted molar refractivity (Wildman–Crippen MR) is 98.3 cm³/mol. The van der Waals surface area contributed by atoms with Crippen LogP contribution in [0.3, 0.4) is 0 Å². The summed E-state index contributed by atoms with van der Waals surface area (Å²) in [7, 11) is -2.46. The fourth-order valence-corrected chi connectivity index (χ4v) is 3.34. The number of hydrogen-bond donors (Lipinski definition) is 1. The van der Waals surface area contributed by atoms with Gasteiger partial charge in [0.15, 0.2) is 0 Å². The number of rotatable bonds is 4. The monoisotopic (exact) mass is 373 g/mol. The lowest BCUT2D eigenvalue weighted by atomic mass is 10.0. The molecule has 0 saturated heterocycles. The van der Waals surface area contributed by atoms with Crippen LogP contribution in [-0.2, 0) is 19.6 Å². The van der Waals surface area contributed by atoms with E-state index in [9.17, 15) is 13.2 Å². The van der Waals surface area contributed by atoms with E-state index >= 15 is 0 Å². The Bertz CT molecular complexity index is 951. The van der Waals surface area contributed by atoms with Gasteiger partial charge < -0.3 is 4.74 Å². The van der Waals surface area contributed by atoms with Crippen LogP contribution in [0, 0.1) is 6.92 Å². The Morgan fingerprint density at radius 1 is 1.15 bits per heavy atom. The molecule has 1 aliphatic heterocycles. The van der Waals surface area contributed by atoms with E-state index in [1.54, 1.807) is 17.1 Å². The SMILES string of the molecule is COC(=O)C1=NN(c2ccc(S(N)(=O)=O)cc2)C(c2ccc(C)cc2)C1. The largest absolute Gasteiger partial charge is 0.464 e. The summed E-state index contributed by atoms with van der Waals surface area (Å²) in [6.07, 6.45) is 0.396. The summed E-state index contributed by atoms with van der Waals surface area (Å²) >= 11 is 0. The normalized spacial score (nSPS) is 17.1. The number of hydrazone groups is 1. The van der Waals surface area contributed by atoms with Gasteiger partial charge in [0.25, 0.3) is 0 Å². The second-order valence-corrected chi connectivity index (χ2v) is 7.61. The average Bonchev–Trinajstić information content (AvgIpc) is 3.06. The van der Waals surface area contributed by atoms with E-state index in [1.165, 1.54) is 19.2 Å². The van der Waals surface area contributed by atoms with Crippen molar-refractivity contribution in [2.45, 2.75) is 24.3 Å². The van der Waals surface area contributed by atoms with Gasteiger partial charge in [-0.2, -0.15) is 5.10 Å². The molecule has 0 aliphatic carbocycles. The van der Waals surface area contributed by atoms with Crippen molar-refractivity contribution in [3.63, 3.8) is 0 Å². The minimum absolute atomic E-state index is 0.0181. The maximum Gasteiger partial charge on any atom is 0.354 e. The van der Waals surface area contributed by atoms with E-state index in [-0.39, 0.29) is 10.9 Å². The third-order valence-electron chi connectivity index (χ3n) is 4.22. The first-order valence-electron chi connectivity index (χ1n) is 7.94. The zero-order valence-electron chi connectivity index (χ0n) is 14.4. The van der Waals surface area contributed by atoms with Crippen LogP contribution in [0.25, 0.3) is 0 Å². The van der Waals surface area contributed by atoms with Crippen molar-refractivity contribution in [3.8, 4) is 0 Å². The molecule has 0 bridgehead atoms. The fourth-order valence-electron chi connectivity index (χ4n) is 2.83. The third kappa shape index (κ3) is 3.61. The minimum atomic E-state index is -3.77. The lowest BCUT2D eigenvalue weighted by Gasteiger charge is -2.24. The van der Waals surface area contributed by atoms with Gasteiger partial charge in [-0.1, -0.05) is 29.8 Å².